The van der Waals surface area contributed by atoms with Gasteiger partial charge in [-0.25, -0.2) is 4.39 Å². The van der Waals surface area contributed by atoms with Crippen LogP contribution in [0.1, 0.15) is 62.7 Å². The normalized spacial score (nSPS) is 17.5. The number of piperidine rings is 1. The predicted molar refractivity (Wildman–Crippen MR) is 95.9 cm³/mol. The Kier molecular flexibility index (Phi) is 8.21. The van der Waals surface area contributed by atoms with E-state index in [1.54, 1.807) is 12.1 Å². The maximum atomic E-state index is 12.8. The standard InChI is InChI=1S/C19H28FNO.ClH/c1-3-19(4-2)11-14-21(15-12-19)13-5-6-18(22)16-7-9-17(20)10-8-16;/h7-10H,3-6,11-15H2,1-2H3;1H. The van der Waals surface area contributed by atoms with Crippen LogP contribution in [0.25, 0.3) is 0 Å². The Morgan fingerprint density at radius 3 is 2.22 bits per heavy atom. The van der Waals surface area contributed by atoms with Gasteiger partial charge in [-0.3, -0.25) is 4.79 Å². The van der Waals surface area contributed by atoms with Crippen LogP contribution >= 0.6 is 12.4 Å². The highest BCUT2D eigenvalue weighted by Gasteiger charge is 2.30. The van der Waals surface area contributed by atoms with Crippen LogP contribution in [0.15, 0.2) is 24.3 Å². The zero-order chi connectivity index (χ0) is 16.0. The molecule has 0 radical (unpaired) electrons. The molecule has 1 aliphatic rings. The molecule has 0 atom stereocenters. The molecular weight excluding hydrogens is 313 g/mol. The summed E-state index contributed by atoms with van der Waals surface area (Å²) in [6.45, 7) is 7.93. The first-order chi connectivity index (χ1) is 10.6. The second kappa shape index (κ2) is 9.39. The number of hydrogen-bond donors (Lipinski definition) is 0. The van der Waals surface area contributed by atoms with Gasteiger partial charge in [0.25, 0.3) is 0 Å². The van der Waals surface area contributed by atoms with E-state index in [-0.39, 0.29) is 24.0 Å². The summed E-state index contributed by atoms with van der Waals surface area (Å²) < 4.78 is 12.8. The number of rotatable bonds is 7. The van der Waals surface area contributed by atoms with Gasteiger partial charge >= 0.3 is 0 Å². The number of Topliss-reactive ketones (excluding diaryl/α,β-unsaturated/α-hetero) is 1. The molecule has 1 saturated heterocycles. The number of hydrogen-bond acceptors (Lipinski definition) is 2. The molecule has 0 amide bonds. The zero-order valence-corrected chi connectivity index (χ0v) is 15.1. The van der Waals surface area contributed by atoms with Crippen molar-refractivity contribution in [1.29, 1.82) is 0 Å². The van der Waals surface area contributed by atoms with Crippen molar-refractivity contribution in [2.75, 3.05) is 19.6 Å². The Balaban J connectivity index is 0.00000264. The molecule has 1 fully saturated rings. The molecule has 130 valence electrons. The van der Waals surface area contributed by atoms with Gasteiger partial charge in [-0.15, -0.1) is 12.4 Å². The van der Waals surface area contributed by atoms with Gasteiger partial charge in [0.1, 0.15) is 5.82 Å². The van der Waals surface area contributed by atoms with Gasteiger partial charge in [0.15, 0.2) is 5.78 Å². The van der Waals surface area contributed by atoms with Crippen molar-refractivity contribution in [3.8, 4) is 0 Å². The summed E-state index contributed by atoms with van der Waals surface area (Å²) in [6, 6.07) is 5.87. The largest absolute Gasteiger partial charge is 0.303 e. The highest BCUT2D eigenvalue weighted by Crippen LogP contribution is 2.37. The van der Waals surface area contributed by atoms with Gasteiger partial charge in [0, 0.05) is 12.0 Å². The molecule has 2 rings (SSSR count). The SMILES string of the molecule is CCC1(CC)CCN(CCCC(=O)c2ccc(F)cc2)CC1.Cl. The van der Waals surface area contributed by atoms with Gasteiger partial charge in [-0.05, 0) is 68.6 Å². The molecule has 0 unspecified atom stereocenters. The molecule has 0 saturated carbocycles. The Bertz CT molecular complexity index is 475. The topological polar surface area (TPSA) is 20.3 Å². The van der Waals surface area contributed by atoms with Crippen LogP contribution in [0.3, 0.4) is 0 Å². The fraction of sp³-hybridized carbons (Fsp3) is 0.632. The third kappa shape index (κ3) is 5.58. The minimum atomic E-state index is -0.291. The van der Waals surface area contributed by atoms with Gasteiger partial charge in [-0.1, -0.05) is 26.7 Å². The molecule has 0 N–H and O–H groups in total. The number of benzene rings is 1. The minimum Gasteiger partial charge on any atom is -0.303 e. The van der Waals surface area contributed by atoms with Crippen molar-refractivity contribution < 1.29 is 9.18 Å². The molecule has 1 heterocycles. The number of carbonyl (C=O) groups excluding carboxylic acids is 1. The first-order valence-corrected chi connectivity index (χ1v) is 8.60. The molecule has 1 aromatic rings. The Labute approximate surface area is 145 Å². The second-order valence-corrected chi connectivity index (χ2v) is 6.58. The van der Waals surface area contributed by atoms with Gasteiger partial charge in [0.2, 0.25) is 0 Å². The van der Waals surface area contributed by atoms with Gasteiger partial charge in [-0.2, -0.15) is 0 Å². The molecule has 1 aromatic carbocycles. The minimum absolute atomic E-state index is 0. The predicted octanol–water partition coefficient (Wildman–Crippen LogP) is 5.11. The summed E-state index contributed by atoms with van der Waals surface area (Å²) in [7, 11) is 0. The lowest BCUT2D eigenvalue weighted by Gasteiger charge is -2.41. The van der Waals surface area contributed by atoms with Crippen molar-refractivity contribution in [2.45, 2.75) is 52.4 Å². The maximum Gasteiger partial charge on any atom is 0.162 e. The number of carbonyl (C=O) groups is 1. The summed E-state index contributed by atoms with van der Waals surface area (Å²) in [4.78, 5) is 14.5. The summed E-state index contributed by atoms with van der Waals surface area (Å²) in [5.41, 5.74) is 1.18. The summed E-state index contributed by atoms with van der Waals surface area (Å²) >= 11 is 0. The van der Waals surface area contributed by atoms with E-state index in [0.717, 1.165) is 26.1 Å². The molecule has 23 heavy (non-hydrogen) atoms. The summed E-state index contributed by atoms with van der Waals surface area (Å²) in [5.74, 6) is -0.173. The Morgan fingerprint density at radius 2 is 1.70 bits per heavy atom. The Morgan fingerprint density at radius 1 is 1.13 bits per heavy atom. The molecule has 0 spiro atoms. The van der Waals surface area contributed by atoms with Crippen molar-refractivity contribution in [3.05, 3.63) is 35.6 Å². The fourth-order valence-corrected chi connectivity index (χ4v) is 3.45. The van der Waals surface area contributed by atoms with Crippen LogP contribution in [0.4, 0.5) is 4.39 Å². The van der Waals surface area contributed by atoms with Crippen LogP contribution in [-0.2, 0) is 0 Å². The lowest BCUT2D eigenvalue weighted by molar-refractivity contribution is 0.0889. The molecule has 0 aromatic heterocycles. The second-order valence-electron chi connectivity index (χ2n) is 6.58. The first-order valence-electron chi connectivity index (χ1n) is 8.60. The van der Waals surface area contributed by atoms with Crippen molar-refractivity contribution >= 4 is 18.2 Å². The zero-order valence-electron chi connectivity index (χ0n) is 14.3. The maximum absolute atomic E-state index is 12.8. The average molecular weight is 342 g/mol. The van der Waals surface area contributed by atoms with E-state index in [9.17, 15) is 9.18 Å². The monoisotopic (exact) mass is 341 g/mol. The van der Waals surface area contributed by atoms with Gasteiger partial charge < -0.3 is 4.90 Å². The van der Waals surface area contributed by atoms with E-state index >= 15 is 0 Å². The van der Waals surface area contributed by atoms with Crippen molar-refractivity contribution in [2.24, 2.45) is 5.41 Å². The lowest BCUT2D eigenvalue weighted by atomic mass is 9.74. The molecule has 4 heteroatoms. The molecular formula is C19H29ClFNO. The third-order valence-corrected chi connectivity index (χ3v) is 5.46. The number of ketones is 1. The fourth-order valence-electron chi connectivity index (χ4n) is 3.45. The van der Waals surface area contributed by atoms with E-state index in [1.807, 2.05) is 0 Å². The molecule has 0 aliphatic carbocycles. The van der Waals surface area contributed by atoms with Crippen molar-refractivity contribution in [1.82, 2.24) is 4.90 Å². The Hall–Kier alpha value is -0.930. The van der Waals surface area contributed by atoms with Crippen LogP contribution < -0.4 is 0 Å². The van der Waals surface area contributed by atoms with E-state index in [1.165, 1.54) is 37.8 Å². The van der Waals surface area contributed by atoms with E-state index < -0.39 is 0 Å². The van der Waals surface area contributed by atoms with Crippen LogP contribution in [0.5, 0.6) is 0 Å². The first kappa shape index (κ1) is 20.1. The quantitative estimate of drug-likeness (QED) is 0.642. The van der Waals surface area contributed by atoms with Crippen LogP contribution in [0.2, 0.25) is 0 Å². The van der Waals surface area contributed by atoms with Crippen LogP contribution in [0, 0.1) is 11.2 Å². The highest BCUT2D eigenvalue weighted by atomic mass is 35.5. The lowest BCUT2D eigenvalue weighted by Crippen LogP contribution is -2.40. The number of likely N-dealkylation sites (tertiary alicyclic amines) is 1. The summed E-state index contributed by atoms with van der Waals surface area (Å²) in [6.07, 6.45) is 6.56. The average Bonchev–Trinajstić information content (AvgIpc) is 2.56. The number of halogens is 2. The van der Waals surface area contributed by atoms with E-state index in [2.05, 4.69) is 18.7 Å². The van der Waals surface area contributed by atoms with Crippen LogP contribution in [-0.4, -0.2) is 30.3 Å². The van der Waals surface area contributed by atoms with E-state index in [0.29, 0.717) is 17.4 Å². The summed E-state index contributed by atoms with van der Waals surface area (Å²) in [5, 5.41) is 0. The molecule has 1 aliphatic heterocycles. The molecule has 2 nitrogen and oxygen atoms in total. The van der Waals surface area contributed by atoms with Gasteiger partial charge in [0.05, 0.1) is 0 Å². The number of nitrogens with zero attached hydrogens (tertiary/aromatic N) is 1. The third-order valence-electron chi connectivity index (χ3n) is 5.46. The van der Waals surface area contributed by atoms with Crippen molar-refractivity contribution in [3.63, 3.8) is 0 Å². The van der Waals surface area contributed by atoms with E-state index in [4.69, 9.17) is 0 Å². The molecule has 0 bridgehead atoms. The highest BCUT2D eigenvalue weighted by molar-refractivity contribution is 5.95. The smallest absolute Gasteiger partial charge is 0.162 e.